The van der Waals surface area contributed by atoms with E-state index in [0.717, 1.165) is 0 Å². The summed E-state index contributed by atoms with van der Waals surface area (Å²) in [5.41, 5.74) is 0.595. The lowest BCUT2D eigenvalue weighted by atomic mass is 9.84. The van der Waals surface area contributed by atoms with Gasteiger partial charge in [0.2, 0.25) is 0 Å². The molecule has 4 N–H and O–H groups in total. The van der Waals surface area contributed by atoms with Crippen molar-refractivity contribution in [3.05, 3.63) is 41.2 Å². The van der Waals surface area contributed by atoms with Crippen LogP contribution >= 0.6 is 0 Å². The molecule has 0 bridgehead atoms. The molecule has 0 radical (unpaired) electrons. The SMILES string of the molecule is O=C1C2=C(CC(O)CC2O)OC(c2ccc(O)cc2)C1O. The first kappa shape index (κ1) is 14.1. The van der Waals surface area contributed by atoms with Crippen LogP contribution in [0.2, 0.25) is 0 Å². The minimum absolute atomic E-state index is 0.0582. The van der Waals surface area contributed by atoms with Gasteiger partial charge in [-0.2, -0.15) is 0 Å². The van der Waals surface area contributed by atoms with Crippen molar-refractivity contribution < 1.29 is 30.0 Å². The van der Waals surface area contributed by atoms with Crippen LogP contribution in [0.1, 0.15) is 24.5 Å². The van der Waals surface area contributed by atoms with E-state index >= 15 is 0 Å². The highest BCUT2D eigenvalue weighted by Gasteiger charge is 2.43. The maximum absolute atomic E-state index is 12.2. The molecule has 2 aliphatic rings. The molecule has 0 amide bonds. The van der Waals surface area contributed by atoms with E-state index in [1.165, 1.54) is 12.1 Å². The summed E-state index contributed by atoms with van der Waals surface area (Å²) in [4.78, 5) is 12.2. The number of aliphatic hydroxyl groups is 3. The number of hydrogen-bond donors (Lipinski definition) is 4. The van der Waals surface area contributed by atoms with Gasteiger partial charge < -0.3 is 25.2 Å². The van der Waals surface area contributed by atoms with Crippen molar-refractivity contribution in [3.8, 4) is 5.75 Å². The monoisotopic (exact) mass is 292 g/mol. The van der Waals surface area contributed by atoms with E-state index in [-0.39, 0.29) is 29.9 Å². The van der Waals surface area contributed by atoms with Crippen molar-refractivity contribution in [1.82, 2.24) is 0 Å². The van der Waals surface area contributed by atoms with Crippen molar-refractivity contribution in [1.29, 1.82) is 0 Å². The number of ether oxygens (including phenoxy) is 1. The van der Waals surface area contributed by atoms with Crippen molar-refractivity contribution >= 4 is 5.78 Å². The third-order valence-corrected chi connectivity index (χ3v) is 3.86. The normalized spacial score (nSPS) is 32.6. The number of aliphatic hydroxyl groups excluding tert-OH is 3. The van der Waals surface area contributed by atoms with E-state index in [9.17, 15) is 25.2 Å². The zero-order valence-electron chi connectivity index (χ0n) is 11.1. The fourth-order valence-electron chi connectivity index (χ4n) is 2.81. The number of benzene rings is 1. The Bertz CT molecular complexity index is 591. The molecule has 4 atom stereocenters. The van der Waals surface area contributed by atoms with Crippen LogP contribution in [0, 0.1) is 0 Å². The predicted molar refractivity (Wildman–Crippen MR) is 71.2 cm³/mol. The average Bonchev–Trinajstić information content (AvgIpc) is 2.43. The molecule has 1 aromatic carbocycles. The van der Waals surface area contributed by atoms with Gasteiger partial charge in [0.15, 0.2) is 18.0 Å². The van der Waals surface area contributed by atoms with Gasteiger partial charge in [0, 0.05) is 12.8 Å². The minimum Gasteiger partial charge on any atom is -0.508 e. The Morgan fingerprint density at radius 2 is 1.76 bits per heavy atom. The van der Waals surface area contributed by atoms with Crippen LogP contribution in [0.3, 0.4) is 0 Å². The van der Waals surface area contributed by atoms with Gasteiger partial charge in [-0.05, 0) is 17.7 Å². The zero-order valence-corrected chi connectivity index (χ0v) is 11.1. The van der Waals surface area contributed by atoms with E-state index in [4.69, 9.17) is 4.74 Å². The van der Waals surface area contributed by atoms with Crippen LogP contribution in [-0.2, 0) is 9.53 Å². The lowest BCUT2D eigenvalue weighted by molar-refractivity contribution is -0.138. The molecule has 1 heterocycles. The number of aromatic hydroxyl groups is 1. The van der Waals surface area contributed by atoms with E-state index in [1.54, 1.807) is 12.1 Å². The Balaban J connectivity index is 1.96. The quantitative estimate of drug-likeness (QED) is 0.587. The first-order valence-corrected chi connectivity index (χ1v) is 6.74. The Kier molecular flexibility index (Phi) is 3.44. The summed E-state index contributed by atoms with van der Waals surface area (Å²) >= 11 is 0. The zero-order chi connectivity index (χ0) is 15.1. The number of Topliss-reactive ketones (excluding diaryl/α,β-unsaturated/α-hetero) is 1. The number of hydrogen-bond acceptors (Lipinski definition) is 6. The van der Waals surface area contributed by atoms with Gasteiger partial charge >= 0.3 is 0 Å². The first-order chi connectivity index (χ1) is 9.97. The van der Waals surface area contributed by atoms with Crippen LogP contribution in [0.25, 0.3) is 0 Å². The fourth-order valence-corrected chi connectivity index (χ4v) is 2.81. The highest BCUT2D eigenvalue weighted by atomic mass is 16.5. The fraction of sp³-hybridized carbons (Fsp3) is 0.400. The Morgan fingerprint density at radius 3 is 2.43 bits per heavy atom. The largest absolute Gasteiger partial charge is 0.508 e. The van der Waals surface area contributed by atoms with Gasteiger partial charge in [0.05, 0.1) is 17.8 Å². The van der Waals surface area contributed by atoms with Gasteiger partial charge in [-0.15, -0.1) is 0 Å². The number of phenols is 1. The molecule has 0 saturated heterocycles. The second-order valence-electron chi connectivity index (χ2n) is 5.39. The summed E-state index contributed by atoms with van der Waals surface area (Å²) in [7, 11) is 0. The molecule has 21 heavy (non-hydrogen) atoms. The van der Waals surface area contributed by atoms with Crippen LogP contribution < -0.4 is 0 Å². The molecular formula is C15H16O6. The van der Waals surface area contributed by atoms with E-state index in [1.807, 2.05) is 0 Å². The second kappa shape index (κ2) is 5.14. The lowest BCUT2D eigenvalue weighted by Crippen LogP contribution is -2.43. The molecule has 0 saturated carbocycles. The molecule has 0 spiro atoms. The van der Waals surface area contributed by atoms with Gasteiger partial charge in [0.25, 0.3) is 0 Å². The van der Waals surface area contributed by atoms with Crippen LogP contribution in [-0.4, -0.2) is 44.5 Å². The topological polar surface area (TPSA) is 107 Å². The third kappa shape index (κ3) is 2.42. The first-order valence-electron chi connectivity index (χ1n) is 6.74. The van der Waals surface area contributed by atoms with Gasteiger partial charge in [-0.25, -0.2) is 0 Å². The Morgan fingerprint density at radius 1 is 1.10 bits per heavy atom. The lowest BCUT2D eigenvalue weighted by Gasteiger charge is -2.37. The number of ketones is 1. The molecule has 0 aromatic heterocycles. The van der Waals surface area contributed by atoms with Crippen molar-refractivity contribution in [2.24, 2.45) is 0 Å². The molecule has 3 rings (SSSR count). The summed E-state index contributed by atoms with van der Waals surface area (Å²) in [5.74, 6) is -0.276. The Labute approximate surface area is 120 Å². The van der Waals surface area contributed by atoms with E-state index in [0.29, 0.717) is 5.56 Å². The summed E-state index contributed by atoms with van der Waals surface area (Å²) in [6.45, 7) is 0. The maximum Gasteiger partial charge on any atom is 0.197 e. The molecule has 1 aliphatic heterocycles. The van der Waals surface area contributed by atoms with Crippen molar-refractivity contribution in [2.45, 2.75) is 37.3 Å². The number of carbonyl (C=O) groups excluding carboxylic acids is 1. The third-order valence-electron chi connectivity index (χ3n) is 3.86. The summed E-state index contributed by atoms with van der Waals surface area (Å²) in [6.07, 6.45) is -4.02. The molecule has 1 aromatic rings. The van der Waals surface area contributed by atoms with E-state index < -0.39 is 30.2 Å². The number of carbonyl (C=O) groups is 1. The van der Waals surface area contributed by atoms with Crippen molar-refractivity contribution in [3.63, 3.8) is 0 Å². The number of rotatable bonds is 1. The van der Waals surface area contributed by atoms with Gasteiger partial charge in [-0.3, -0.25) is 4.79 Å². The summed E-state index contributed by atoms with van der Waals surface area (Å²) < 4.78 is 5.65. The molecule has 0 fully saturated rings. The summed E-state index contributed by atoms with van der Waals surface area (Å²) in [5, 5.41) is 39.0. The molecule has 6 nitrogen and oxygen atoms in total. The van der Waals surface area contributed by atoms with Gasteiger partial charge in [-0.1, -0.05) is 12.1 Å². The van der Waals surface area contributed by atoms with Gasteiger partial charge in [0.1, 0.15) is 11.5 Å². The Hall–Kier alpha value is -1.89. The minimum atomic E-state index is -1.42. The maximum atomic E-state index is 12.2. The molecule has 1 aliphatic carbocycles. The molecule has 112 valence electrons. The highest BCUT2D eigenvalue weighted by molar-refractivity contribution is 6.01. The second-order valence-corrected chi connectivity index (χ2v) is 5.39. The average molecular weight is 292 g/mol. The standard InChI is InChI=1S/C15H16O6/c16-8-3-1-7(2-4-8)15-14(20)13(19)12-10(18)5-9(17)6-11(12)21-15/h1-4,9-10,14-18,20H,5-6H2. The molecule has 4 unspecified atom stereocenters. The smallest absolute Gasteiger partial charge is 0.197 e. The van der Waals surface area contributed by atoms with Crippen molar-refractivity contribution in [2.75, 3.05) is 0 Å². The van der Waals surface area contributed by atoms with E-state index in [2.05, 4.69) is 0 Å². The predicted octanol–water partition coefficient (Wildman–Crippen LogP) is 0.163. The van der Waals surface area contributed by atoms with Crippen LogP contribution in [0.4, 0.5) is 0 Å². The summed E-state index contributed by atoms with van der Waals surface area (Å²) in [6, 6.07) is 5.98. The van der Waals surface area contributed by atoms with Crippen LogP contribution in [0.5, 0.6) is 5.75 Å². The highest BCUT2D eigenvalue weighted by Crippen LogP contribution is 2.39. The number of phenolic OH excluding ortho intramolecular Hbond substituents is 1. The molecular weight excluding hydrogens is 276 g/mol. The van der Waals surface area contributed by atoms with Crippen LogP contribution in [0.15, 0.2) is 35.6 Å². The molecule has 6 heteroatoms.